The summed E-state index contributed by atoms with van der Waals surface area (Å²) in [6.45, 7) is 2.15. The molecule has 0 radical (unpaired) electrons. The van der Waals surface area contributed by atoms with Crippen molar-refractivity contribution in [2.75, 3.05) is 7.11 Å². The molecule has 0 fully saturated rings. The fraction of sp³-hybridized carbons (Fsp3) is 0.261. The van der Waals surface area contributed by atoms with Crippen molar-refractivity contribution in [3.05, 3.63) is 70.0 Å². The summed E-state index contributed by atoms with van der Waals surface area (Å²) in [4.78, 5) is 22.4. The van der Waals surface area contributed by atoms with Gasteiger partial charge in [-0.15, -0.1) is 0 Å². The normalized spacial score (nSPS) is 11.1. The van der Waals surface area contributed by atoms with E-state index < -0.39 is 10.9 Å². The Morgan fingerprint density at radius 1 is 1.13 bits per heavy atom. The van der Waals surface area contributed by atoms with Crippen LogP contribution in [0.5, 0.6) is 11.5 Å². The molecule has 0 unspecified atom stereocenters. The number of nitrogens with zero attached hydrogens (tertiary/aromatic N) is 1. The minimum Gasteiger partial charge on any atom is -0.497 e. The highest BCUT2D eigenvalue weighted by molar-refractivity contribution is 5.91. The van der Waals surface area contributed by atoms with Gasteiger partial charge >= 0.3 is 5.97 Å². The first kappa shape index (κ1) is 21.1. The van der Waals surface area contributed by atoms with Crippen molar-refractivity contribution in [3.8, 4) is 11.5 Å². The Morgan fingerprint density at radius 3 is 2.53 bits per heavy atom. The summed E-state index contributed by atoms with van der Waals surface area (Å²) in [6, 6.07) is 11.0. The van der Waals surface area contributed by atoms with Crippen LogP contribution in [0.25, 0.3) is 17.0 Å². The number of unbranched alkanes of at least 4 members (excludes halogenated alkanes) is 2. The second kappa shape index (κ2) is 9.73. The summed E-state index contributed by atoms with van der Waals surface area (Å²) in [7, 11) is 1.60. The molecule has 1 aromatic heterocycles. The minimum absolute atomic E-state index is 0.0697. The van der Waals surface area contributed by atoms with E-state index in [0.29, 0.717) is 17.1 Å². The van der Waals surface area contributed by atoms with Gasteiger partial charge in [-0.3, -0.25) is 10.1 Å². The van der Waals surface area contributed by atoms with Gasteiger partial charge in [0.05, 0.1) is 12.0 Å². The summed E-state index contributed by atoms with van der Waals surface area (Å²) in [5, 5.41) is 11.7. The van der Waals surface area contributed by atoms with Crippen molar-refractivity contribution < 1.29 is 23.6 Å². The van der Waals surface area contributed by atoms with E-state index in [4.69, 9.17) is 13.9 Å². The number of benzene rings is 2. The maximum Gasteiger partial charge on any atom is 0.336 e. The van der Waals surface area contributed by atoms with Gasteiger partial charge in [-0.1, -0.05) is 19.8 Å². The molecule has 0 aliphatic heterocycles. The lowest BCUT2D eigenvalue weighted by molar-refractivity contribution is -0.384. The second-order valence-electron chi connectivity index (χ2n) is 6.77. The first-order valence-electron chi connectivity index (χ1n) is 9.75. The number of carbonyl (C=O) groups excluding carboxylic acids is 1. The molecule has 0 N–H and O–H groups in total. The number of ether oxygens (including phenoxy) is 2. The van der Waals surface area contributed by atoms with Crippen molar-refractivity contribution in [1.29, 1.82) is 0 Å². The molecule has 7 heteroatoms. The highest BCUT2D eigenvalue weighted by Gasteiger charge is 2.14. The molecular weight excluding hydrogens is 386 g/mol. The third-order valence-corrected chi connectivity index (χ3v) is 4.70. The van der Waals surface area contributed by atoms with Gasteiger partial charge in [0, 0.05) is 35.2 Å². The predicted molar refractivity (Wildman–Crippen MR) is 114 cm³/mol. The summed E-state index contributed by atoms with van der Waals surface area (Å²) < 4.78 is 16.4. The Balaban J connectivity index is 1.79. The van der Waals surface area contributed by atoms with Crippen LogP contribution in [0.2, 0.25) is 0 Å². The second-order valence-corrected chi connectivity index (χ2v) is 6.77. The molecule has 0 spiro atoms. The fourth-order valence-electron chi connectivity index (χ4n) is 3.15. The van der Waals surface area contributed by atoms with Gasteiger partial charge in [-0.25, -0.2) is 4.79 Å². The molecule has 0 atom stereocenters. The SMILES string of the molecule is CCCCCc1c(/C=C/C(=O)Oc2ccc([N+](=O)[O-])cc2)oc2cc(OC)ccc12. The van der Waals surface area contributed by atoms with Gasteiger partial charge in [0.2, 0.25) is 0 Å². The van der Waals surface area contributed by atoms with E-state index in [0.717, 1.165) is 36.6 Å². The standard InChI is InChI=1S/C23H23NO6/c1-3-4-5-6-19-20-12-11-18(28-2)15-22(20)30-21(19)13-14-23(25)29-17-9-7-16(8-10-17)24(26)27/h7-15H,3-6H2,1-2H3/b14-13+. The number of nitro benzene ring substituents is 1. The van der Waals surface area contributed by atoms with Gasteiger partial charge < -0.3 is 13.9 Å². The van der Waals surface area contributed by atoms with Gasteiger partial charge in [-0.2, -0.15) is 0 Å². The number of esters is 1. The maximum absolute atomic E-state index is 12.2. The van der Waals surface area contributed by atoms with Crippen molar-refractivity contribution in [2.45, 2.75) is 32.6 Å². The number of rotatable bonds is 9. The van der Waals surface area contributed by atoms with Gasteiger partial charge in [0.1, 0.15) is 22.8 Å². The molecule has 0 saturated heterocycles. The zero-order chi connectivity index (χ0) is 21.5. The number of fused-ring (bicyclic) bond motifs is 1. The Labute approximate surface area is 174 Å². The first-order chi connectivity index (χ1) is 14.5. The zero-order valence-corrected chi connectivity index (χ0v) is 16.9. The summed E-state index contributed by atoms with van der Waals surface area (Å²) in [6.07, 6.45) is 6.96. The molecule has 3 aromatic rings. The minimum atomic E-state index is -0.596. The Hall–Kier alpha value is -3.61. The van der Waals surface area contributed by atoms with Gasteiger partial charge in [0.15, 0.2) is 0 Å². The molecule has 0 amide bonds. The van der Waals surface area contributed by atoms with E-state index >= 15 is 0 Å². The number of methoxy groups -OCH3 is 1. The molecule has 0 aliphatic rings. The largest absolute Gasteiger partial charge is 0.497 e. The molecule has 156 valence electrons. The number of aryl methyl sites for hydroxylation is 1. The monoisotopic (exact) mass is 409 g/mol. The van der Waals surface area contributed by atoms with Crippen LogP contribution in [0.4, 0.5) is 5.69 Å². The third kappa shape index (κ3) is 5.05. The lowest BCUT2D eigenvalue weighted by atomic mass is 10.0. The Bertz CT molecular complexity index is 1070. The van der Waals surface area contributed by atoms with E-state index in [2.05, 4.69) is 6.92 Å². The van der Waals surface area contributed by atoms with Gasteiger partial charge in [-0.05, 0) is 43.2 Å². The van der Waals surface area contributed by atoms with Crippen molar-refractivity contribution in [3.63, 3.8) is 0 Å². The average molecular weight is 409 g/mol. The molecule has 2 aromatic carbocycles. The molecule has 3 rings (SSSR count). The highest BCUT2D eigenvalue weighted by Crippen LogP contribution is 2.31. The van der Waals surface area contributed by atoms with Crippen LogP contribution in [0.15, 0.2) is 53.0 Å². The number of hydrogen-bond donors (Lipinski definition) is 0. The van der Waals surface area contributed by atoms with Crippen molar-refractivity contribution >= 4 is 28.7 Å². The summed E-state index contributed by atoms with van der Waals surface area (Å²) in [5.74, 6) is 0.939. The van der Waals surface area contributed by atoms with Crippen LogP contribution in [0.1, 0.15) is 37.5 Å². The number of nitro groups is 1. The van der Waals surface area contributed by atoms with Gasteiger partial charge in [0.25, 0.3) is 5.69 Å². The molecule has 0 bridgehead atoms. The van der Waals surface area contributed by atoms with Crippen LogP contribution in [-0.2, 0) is 11.2 Å². The van der Waals surface area contributed by atoms with E-state index in [-0.39, 0.29) is 11.4 Å². The lowest BCUT2D eigenvalue weighted by Crippen LogP contribution is -2.03. The first-order valence-corrected chi connectivity index (χ1v) is 9.75. The smallest absolute Gasteiger partial charge is 0.336 e. The van der Waals surface area contributed by atoms with Crippen LogP contribution in [0.3, 0.4) is 0 Å². The highest BCUT2D eigenvalue weighted by atomic mass is 16.6. The van der Waals surface area contributed by atoms with Crippen LogP contribution < -0.4 is 9.47 Å². The van der Waals surface area contributed by atoms with E-state index in [1.54, 1.807) is 13.2 Å². The van der Waals surface area contributed by atoms with E-state index in [9.17, 15) is 14.9 Å². The third-order valence-electron chi connectivity index (χ3n) is 4.70. The molecular formula is C23H23NO6. The molecule has 30 heavy (non-hydrogen) atoms. The maximum atomic E-state index is 12.2. The average Bonchev–Trinajstić information content (AvgIpc) is 3.09. The number of hydrogen-bond acceptors (Lipinski definition) is 6. The Morgan fingerprint density at radius 2 is 1.87 bits per heavy atom. The topological polar surface area (TPSA) is 91.8 Å². The van der Waals surface area contributed by atoms with E-state index in [1.807, 2.05) is 18.2 Å². The summed E-state index contributed by atoms with van der Waals surface area (Å²) >= 11 is 0. The van der Waals surface area contributed by atoms with Crippen LogP contribution >= 0.6 is 0 Å². The summed E-state index contributed by atoms with van der Waals surface area (Å²) in [5.41, 5.74) is 1.67. The molecule has 1 heterocycles. The van der Waals surface area contributed by atoms with Crippen LogP contribution in [0, 0.1) is 10.1 Å². The number of non-ortho nitro benzene ring substituents is 1. The van der Waals surface area contributed by atoms with E-state index in [1.165, 1.54) is 30.3 Å². The molecule has 7 nitrogen and oxygen atoms in total. The molecule has 0 aliphatic carbocycles. The Kier molecular flexibility index (Phi) is 6.85. The van der Waals surface area contributed by atoms with Crippen LogP contribution in [-0.4, -0.2) is 18.0 Å². The predicted octanol–water partition coefficient (Wildman–Crippen LogP) is 5.70. The fourth-order valence-corrected chi connectivity index (χ4v) is 3.15. The number of furan rings is 1. The molecule has 0 saturated carbocycles. The quantitative estimate of drug-likeness (QED) is 0.112. The number of carbonyl (C=O) groups is 1. The van der Waals surface area contributed by atoms with Crippen molar-refractivity contribution in [1.82, 2.24) is 0 Å². The van der Waals surface area contributed by atoms with Crippen molar-refractivity contribution in [2.24, 2.45) is 0 Å². The lowest BCUT2D eigenvalue weighted by Gasteiger charge is -2.02. The zero-order valence-electron chi connectivity index (χ0n) is 16.9.